The van der Waals surface area contributed by atoms with Crippen LogP contribution in [0.3, 0.4) is 0 Å². The van der Waals surface area contributed by atoms with Gasteiger partial charge in [-0.05, 0) is 61.5 Å². The zero-order chi connectivity index (χ0) is 25.2. The molecular formula is C27H25N5O4. The van der Waals surface area contributed by atoms with Crippen molar-refractivity contribution in [3.05, 3.63) is 89.6 Å². The van der Waals surface area contributed by atoms with Crippen LogP contribution >= 0.6 is 0 Å². The monoisotopic (exact) mass is 483 g/mol. The Bertz CT molecular complexity index is 1450. The predicted octanol–water partition coefficient (Wildman–Crippen LogP) is 4.60. The van der Waals surface area contributed by atoms with Crippen LogP contribution in [0.4, 0.5) is 11.6 Å². The van der Waals surface area contributed by atoms with E-state index in [0.717, 1.165) is 5.56 Å². The second-order valence-electron chi connectivity index (χ2n) is 8.24. The minimum atomic E-state index is -0.659. The number of phenolic OH excluding ortho intramolecular Hbond substituents is 1. The molecule has 0 saturated heterocycles. The fraction of sp³-hybridized carbons (Fsp3) is 0.148. The summed E-state index contributed by atoms with van der Waals surface area (Å²) >= 11 is 0. The van der Waals surface area contributed by atoms with E-state index < -0.39 is 6.04 Å². The lowest BCUT2D eigenvalue weighted by Gasteiger charge is -2.29. The van der Waals surface area contributed by atoms with Gasteiger partial charge >= 0.3 is 0 Å². The van der Waals surface area contributed by atoms with Gasteiger partial charge in [-0.2, -0.15) is 4.98 Å². The highest BCUT2D eigenvalue weighted by molar-refractivity contribution is 6.06. The molecule has 3 aromatic carbocycles. The highest BCUT2D eigenvalue weighted by atomic mass is 16.5. The number of phenols is 1. The predicted molar refractivity (Wildman–Crippen MR) is 136 cm³/mol. The Labute approximate surface area is 208 Å². The Balaban J connectivity index is 1.66. The molecule has 0 saturated carbocycles. The van der Waals surface area contributed by atoms with Gasteiger partial charge in [-0.1, -0.05) is 18.2 Å². The molecule has 4 aromatic rings. The molecule has 0 radical (unpaired) electrons. The second kappa shape index (κ2) is 9.46. The fourth-order valence-electron chi connectivity index (χ4n) is 4.24. The molecule has 1 aliphatic rings. The quantitative estimate of drug-likeness (QED) is 0.368. The summed E-state index contributed by atoms with van der Waals surface area (Å²) in [5, 5.41) is 20.7. The number of hydrogen-bond acceptors (Lipinski definition) is 7. The SMILES string of the molecule is COc1ccc(OC)c(C2C(C(=O)Nc3ccccc3)=C(C)Nc3nc(-c4ccc(O)cc4)nn32)c1. The standard InChI is InChI=1S/C27H25N5O4/c1-16-23(26(34)29-18-7-5-4-6-8-18)24(21-15-20(35-2)13-14-22(21)36-3)32-27(28-16)30-25(31-32)17-9-11-19(33)12-10-17/h4-15,24,33H,1-3H3,(H,29,34)(H,28,30,31). The molecule has 9 nitrogen and oxygen atoms in total. The Morgan fingerprint density at radius 1 is 1.03 bits per heavy atom. The number of carbonyl (C=O) groups excluding carboxylic acids is 1. The number of nitrogens with one attached hydrogen (secondary N) is 2. The molecule has 0 bridgehead atoms. The summed E-state index contributed by atoms with van der Waals surface area (Å²) in [4.78, 5) is 18.3. The molecule has 1 unspecified atom stereocenters. The molecule has 0 spiro atoms. The molecule has 9 heteroatoms. The fourth-order valence-corrected chi connectivity index (χ4v) is 4.24. The average Bonchev–Trinajstić information content (AvgIpc) is 3.32. The van der Waals surface area contributed by atoms with Crippen LogP contribution in [0.5, 0.6) is 17.2 Å². The molecule has 5 rings (SSSR count). The summed E-state index contributed by atoms with van der Waals surface area (Å²) in [5.74, 6) is 1.98. The summed E-state index contributed by atoms with van der Waals surface area (Å²) in [6, 6.07) is 20.7. The number of nitrogens with zero attached hydrogens (tertiary/aromatic N) is 3. The smallest absolute Gasteiger partial charge is 0.255 e. The average molecular weight is 484 g/mol. The van der Waals surface area contributed by atoms with E-state index in [4.69, 9.17) is 14.6 Å². The van der Waals surface area contributed by atoms with Crippen LogP contribution < -0.4 is 20.1 Å². The van der Waals surface area contributed by atoms with Crippen LogP contribution in [-0.4, -0.2) is 40.0 Å². The summed E-state index contributed by atoms with van der Waals surface area (Å²) in [6.07, 6.45) is 0. The van der Waals surface area contributed by atoms with Crippen LogP contribution in [0.15, 0.2) is 84.1 Å². The first-order valence-electron chi connectivity index (χ1n) is 11.3. The Hall–Kier alpha value is -4.79. The number of aromatic hydroxyl groups is 1. The topological polar surface area (TPSA) is 111 Å². The van der Waals surface area contributed by atoms with Crippen LogP contribution in [0, 0.1) is 0 Å². The van der Waals surface area contributed by atoms with Crippen LogP contribution in [0.1, 0.15) is 18.5 Å². The highest BCUT2D eigenvalue weighted by Gasteiger charge is 2.36. The van der Waals surface area contributed by atoms with E-state index in [1.54, 1.807) is 55.3 Å². The molecule has 1 aromatic heterocycles. The molecular weight excluding hydrogens is 458 g/mol. The van der Waals surface area contributed by atoms with Gasteiger partial charge in [0.15, 0.2) is 5.82 Å². The van der Waals surface area contributed by atoms with E-state index in [1.165, 1.54) is 0 Å². The maximum absolute atomic E-state index is 13.7. The van der Waals surface area contributed by atoms with Crippen LogP contribution in [-0.2, 0) is 4.79 Å². The van der Waals surface area contributed by atoms with Gasteiger partial charge in [0, 0.05) is 22.5 Å². The molecule has 36 heavy (non-hydrogen) atoms. The molecule has 1 aliphatic heterocycles. The highest BCUT2D eigenvalue weighted by Crippen LogP contribution is 2.41. The molecule has 0 aliphatic carbocycles. The zero-order valence-corrected chi connectivity index (χ0v) is 20.0. The van der Waals surface area contributed by atoms with Gasteiger partial charge in [-0.3, -0.25) is 4.79 Å². The minimum absolute atomic E-state index is 0.150. The minimum Gasteiger partial charge on any atom is -0.508 e. The number of allylic oxidation sites excluding steroid dienone is 1. The van der Waals surface area contributed by atoms with Crippen molar-refractivity contribution in [3.8, 4) is 28.6 Å². The van der Waals surface area contributed by atoms with E-state index in [2.05, 4.69) is 15.6 Å². The van der Waals surface area contributed by atoms with Crippen molar-refractivity contribution in [2.24, 2.45) is 0 Å². The van der Waals surface area contributed by atoms with E-state index in [9.17, 15) is 9.90 Å². The van der Waals surface area contributed by atoms with Gasteiger partial charge in [0.25, 0.3) is 5.91 Å². The number of aromatic nitrogens is 3. The molecule has 1 amide bonds. The van der Waals surface area contributed by atoms with Gasteiger partial charge in [-0.25, -0.2) is 4.68 Å². The first kappa shape index (κ1) is 23.0. The van der Waals surface area contributed by atoms with E-state index in [1.807, 2.05) is 43.3 Å². The van der Waals surface area contributed by atoms with Crippen LogP contribution in [0.25, 0.3) is 11.4 Å². The van der Waals surface area contributed by atoms with Crippen molar-refractivity contribution in [1.82, 2.24) is 14.8 Å². The molecule has 0 fully saturated rings. The normalized spacial score (nSPS) is 14.6. The second-order valence-corrected chi connectivity index (χ2v) is 8.24. The Morgan fingerprint density at radius 2 is 1.78 bits per heavy atom. The number of fused-ring (bicyclic) bond motifs is 1. The lowest BCUT2D eigenvalue weighted by atomic mass is 9.94. The number of amides is 1. The number of benzene rings is 3. The molecule has 2 heterocycles. The molecule has 1 atom stereocenters. The lowest BCUT2D eigenvalue weighted by molar-refractivity contribution is -0.113. The van der Waals surface area contributed by atoms with E-state index >= 15 is 0 Å². The van der Waals surface area contributed by atoms with E-state index in [0.29, 0.717) is 45.8 Å². The van der Waals surface area contributed by atoms with Crippen molar-refractivity contribution in [1.29, 1.82) is 0 Å². The van der Waals surface area contributed by atoms with Crippen molar-refractivity contribution < 1.29 is 19.4 Å². The maximum atomic E-state index is 13.7. The van der Waals surface area contributed by atoms with Gasteiger partial charge in [0.05, 0.1) is 19.8 Å². The summed E-state index contributed by atoms with van der Waals surface area (Å²) < 4.78 is 12.8. The largest absolute Gasteiger partial charge is 0.508 e. The molecule has 182 valence electrons. The number of methoxy groups -OCH3 is 2. The Kier molecular flexibility index (Phi) is 6.03. The van der Waals surface area contributed by atoms with Crippen molar-refractivity contribution in [2.75, 3.05) is 24.9 Å². The number of hydrogen-bond donors (Lipinski definition) is 3. The third kappa shape index (κ3) is 4.22. The molecule has 3 N–H and O–H groups in total. The zero-order valence-electron chi connectivity index (χ0n) is 20.0. The third-order valence-corrected chi connectivity index (χ3v) is 5.99. The Morgan fingerprint density at radius 3 is 2.47 bits per heavy atom. The van der Waals surface area contributed by atoms with E-state index in [-0.39, 0.29) is 11.7 Å². The lowest BCUT2D eigenvalue weighted by Crippen LogP contribution is -2.31. The number of rotatable bonds is 6. The van der Waals surface area contributed by atoms with Crippen molar-refractivity contribution in [3.63, 3.8) is 0 Å². The van der Waals surface area contributed by atoms with Gasteiger partial charge < -0.3 is 25.2 Å². The van der Waals surface area contributed by atoms with Crippen LogP contribution in [0.2, 0.25) is 0 Å². The first-order valence-corrected chi connectivity index (χ1v) is 11.3. The van der Waals surface area contributed by atoms with Gasteiger partial charge in [0.2, 0.25) is 5.95 Å². The van der Waals surface area contributed by atoms with Crippen molar-refractivity contribution >= 4 is 17.5 Å². The summed E-state index contributed by atoms with van der Waals surface area (Å²) in [6.45, 7) is 1.83. The maximum Gasteiger partial charge on any atom is 0.255 e. The van der Waals surface area contributed by atoms with Crippen molar-refractivity contribution in [2.45, 2.75) is 13.0 Å². The number of anilines is 2. The van der Waals surface area contributed by atoms with Gasteiger partial charge in [-0.15, -0.1) is 5.10 Å². The summed E-state index contributed by atoms with van der Waals surface area (Å²) in [7, 11) is 3.17. The number of ether oxygens (including phenoxy) is 2. The summed E-state index contributed by atoms with van der Waals surface area (Å²) in [5.41, 5.74) is 3.18. The van der Waals surface area contributed by atoms with Gasteiger partial charge in [0.1, 0.15) is 23.3 Å². The first-order chi connectivity index (χ1) is 17.5. The number of carbonyl (C=O) groups is 1. The third-order valence-electron chi connectivity index (χ3n) is 5.99. The number of para-hydroxylation sites is 1.